The molecule has 0 amide bonds. The maximum absolute atomic E-state index is 5.88. The van der Waals surface area contributed by atoms with Crippen molar-refractivity contribution in [2.24, 2.45) is 12.8 Å². The van der Waals surface area contributed by atoms with Crippen LogP contribution in [0.25, 0.3) is 10.9 Å². The highest BCUT2D eigenvalue weighted by atomic mass is 35.5. The second-order valence-corrected chi connectivity index (χ2v) is 4.32. The number of para-hydroxylation sites is 1. The summed E-state index contributed by atoms with van der Waals surface area (Å²) in [6.45, 7) is 4.22. The quantitative estimate of drug-likeness (QED) is 0.857. The average molecular weight is 239 g/mol. The Balaban J connectivity index is 0.00000128. The van der Waals surface area contributed by atoms with Gasteiger partial charge in [0.25, 0.3) is 0 Å². The van der Waals surface area contributed by atoms with E-state index in [1.807, 2.05) is 0 Å². The van der Waals surface area contributed by atoms with Crippen LogP contribution in [0.4, 0.5) is 0 Å². The van der Waals surface area contributed by atoms with E-state index in [0.717, 1.165) is 6.42 Å². The van der Waals surface area contributed by atoms with E-state index in [-0.39, 0.29) is 18.4 Å². The number of fused-ring (bicyclic) bond motifs is 1. The van der Waals surface area contributed by atoms with E-state index in [9.17, 15) is 0 Å². The van der Waals surface area contributed by atoms with Crippen molar-refractivity contribution in [1.29, 1.82) is 0 Å². The molecule has 0 fully saturated rings. The van der Waals surface area contributed by atoms with Gasteiger partial charge in [-0.25, -0.2) is 0 Å². The largest absolute Gasteiger partial charge is 0.348 e. The smallest absolute Gasteiger partial charge is 0.0482 e. The number of rotatable bonds is 2. The summed E-state index contributed by atoms with van der Waals surface area (Å²) in [6.07, 6.45) is 0.952. The second-order valence-electron chi connectivity index (χ2n) is 4.32. The van der Waals surface area contributed by atoms with Crippen LogP contribution in [0, 0.1) is 6.92 Å². The zero-order valence-corrected chi connectivity index (χ0v) is 10.8. The van der Waals surface area contributed by atoms with Gasteiger partial charge in [-0.05, 0) is 31.9 Å². The molecule has 0 aliphatic carbocycles. The molecule has 0 aliphatic heterocycles. The maximum Gasteiger partial charge on any atom is 0.0482 e. The Morgan fingerprint density at radius 2 is 1.94 bits per heavy atom. The van der Waals surface area contributed by atoms with Crippen LogP contribution in [-0.4, -0.2) is 10.6 Å². The molecule has 2 aromatic rings. The third-order valence-electron chi connectivity index (χ3n) is 3.06. The number of nitrogens with two attached hydrogens (primary N) is 1. The molecule has 0 bridgehead atoms. The molecular weight excluding hydrogens is 220 g/mol. The van der Waals surface area contributed by atoms with Crippen molar-refractivity contribution in [3.63, 3.8) is 0 Å². The Kier molecular flexibility index (Phi) is 4.00. The first-order valence-electron chi connectivity index (χ1n) is 5.39. The number of halogens is 1. The highest BCUT2D eigenvalue weighted by molar-refractivity contribution is 5.85. The topological polar surface area (TPSA) is 30.9 Å². The fraction of sp³-hybridized carbons (Fsp3) is 0.385. The van der Waals surface area contributed by atoms with Crippen LogP contribution >= 0.6 is 12.4 Å². The van der Waals surface area contributed by atoms with Gasteiger partial charge in [-0.3, -0.25) is 0 Å². The number of hydrogen-bond donors (Lipinski definition) is 1. The highest BCUT2D eigenvalue weighted by Crippen LogP contribution is 2.25. The Hall–Kier alpha value is -0.990. The molecule has 2 N–H and O–H groups in total. The van der Waals surface area contributed by atoms with Crippen molar-refractivity contribution in [3.8, 4) is 0 Å². The third-order valence-corrected chi connectivity index (χ3v) is 3.06. The average Bonchev–Trinajstić information content (AvgIpc) is 2.44. The summed E-state index contributed by atoms with van der Waals surface area (Å²) >= 11 is 0. The lowest BCUT2D eigenvalue weighted by Crippen LogP contribution is -2.18. The summed E-state index contributed by atoms with van der Waals surface area (Å²) in [5.41, 5.74) is 9.90. The van der Waals surface area contributed by atoms with E-state index in [2.05, 4.69) is 49.7 Å². The van der Waals surface area contributed by atoms with E-state index >= 15 is 0 Å². The van der Waals surface area contributed by atoms with Crippen molar-refractivity contribution in [2.45, 2.75) is 26.3 Å². The van der Waals surface area contributed by atoms with Crippen molar-refractivity contribution < 1.29 is 0 Å². The molecule has 0 saturated carbocycles. The third kappa shape index (κ3) is 2.08. The molecule has 2 nitrogen and oxygen atoms in total. The maximum atomic E-state index is 5.88. The van der Waals surface area contributed by atoms with Gasteiger partial charge in [0.05, 0.1) is 0 Å². The van der Waals surface area contributed by atoms with E-state index < -0.39 is 0 Å². The standard InChI is InChI=1S/C13H18N2.ClH/c1-9(14)8-12-10(2)15(3)13-7-5-4-6-11(12)13;/h4-7,9H,8,14H2,1-3H3;1H. The summed E-state index contributed by atoms with van der Waals surface area (Å²) in [5, 5.41) is 1.34. The Bertz CT molecular complexity index is 486. The molecule has 0 spiro atoms. The van der Waals surface area contributed by atoms with Crippen LogP contribution in [0.15, 0.2) is 24.3 Å². The monoisotopic (exact) mass is 238 g/mol. The summed E-state index contributed by atoms with van der Waals surface area (Å²) in [7, 11) is 2.11. The summed E-state index contributed by atoms with van der Waals surface area (Å²) < 4.78 is 2.24. The van der Waals surface area contributed by atoms with Gasteiger partial charge in [-0.1, -0.05) is 18.2 Å². The fourth-order valence-corrected chi connectivity index (χ4v) is 2.18. The zero-order chi connectivity index (χ0) is 11.0. The molecule has 16 heavy (non-hydrogen) atoms. The second kappa shape index (κ2) is 4.89. The molecule has 3 heteroatoms. The zero-order valence-electron chi connectivity index (χ0n) is 10.0. The van der Waals surface area contributed by atoms with Gasteiger partial charge in [0.1, 0.15) is 0 Å². The molecule has 1 aromatic heterocycles. The lowest BCUT2D eigenvalue weighted by molar-refractivity contribution is 0.732. The molecule has 1 aromatic carbocycles. The van der Waals surface area contributed by atoms with Crippen LogP contribution < -0.4 is 5.73 Å². The normalized spacial score (nSPS) is 12.5. The first-order chi connectivity index (χ1) is 7.11. The lowest BCUT2D eigenvalue weighted by atomic mass is 10.0. The van der Waals surface area contributed by atoms with Crippen LogP contribution in [0.2, 0.25) is 0 Å². The number of aromatic nitrogens is 1. The van der Waals surface area contributed by atoms with Gasteiger partial charge in [0, 0.05) is 29.7 Å². The fourth-order valence-electron chi connectivity index (χ4n) is 2.18. The van der Waals surface area contributed by atoms with E-state index in [0.29, 0.717) is 0 Å². The van der Waals surface area contributed by atoms with Gasteiger partial charge < -0.3 is 10.3 Å². The van der Waals surface area contributed by atoms with Crippen LogP contribution in [0.5, 0.6) is 0 Å². The first kappa shape index (κ1) is 13.1. The van der Waals surface area contributed by atoms with Crippen molar-refractivity contribution in [1.82, 2.24) is 4.57 Å². The van der Waals surface area contributed by atoms with Gasteiger partial charge in [0.15, 0.2) is 0 Å². The molecule has 88 valence electrons. The van der Waals surface area contributed by atoms with Crippen molar-refractivity contribution in [2.75, 3.05) is 0 Å². The van der Waals surface area contributed by atoms with Crippen molar-refractivity contribution >= 4 is 23.3 Å². The molecular formula is C13H19ClN2. The molecule has 1 unspecified atom stereocenters. The summed E-state index contributed by atoms with van der Waals surface area (Å²) in [5.74, 6) is 0. The van der Waals surface area contributed by atoms with E-state index in [4.69, 9.17) is 5.73 Å². The molecule has 0 aliphatic rings. The highest BCUT2D eigenvalue weighted by Gasteiger charge is 2.11. The molecule has 1 heterocycles. The van der Waals surface area contributed by atoms with Crippen LogP contribution in [0.1, 0.15) is 18.2 Å². The number of aryl methyl sites for hydroxylation is 1. The number of hydrogen-bond acceptors (Lipinski definition) is 1. The van der Waals surface area contributed by atoms with Crippen LogP contribution in [0.3, 0.4) is 0 Å². The van der Waals surface area contributed by atoms with Gasteiger partial charge in [0.2, 0.25) is 0 Å². The summed E-state index contributed by atoms with van der Waals surface area (Å²) in [4.78, 5) is 0. The predicted molar refractivity (Wildman–Crippen MR) is 72.3 cm³/mol. The molecule has 1 atom stereocenters. The lowest BCUT2D eigenvalue weighted by Gasteiger charge is -2.05. The van der Waals surface area contributed by atoms with Crippen LogP contribution in [-0.2, 0) is 13.5 Å². The number of nitrogens with zero attached hydrogens (tertiary/aromatic N) is 1. The number of benzene rings is 1. The Morgan fingerprint density at radius 1 is 1.31 bits per heavy atom. The van der Waals surface area contributed by atoms with Gasteiger partial charge in [-0.2, -0.15) is 0 Å². The Labute approximate surface area is 103 Å². The first-order valence-corrected chi connectivity index (χ1v) is 5.39. The predicted octanol–water partition coefficient (Wildman–Crippen LogP) is 2.80. The van der Waals surface area contributed by atoms with E-state index in [1.165, 1.54) is 22.2 Å². The molecule has 2 rings (SSSR count). The molecule has 0 radical (unpaired) electrons. The minimum Gasteiger partial charge on any atom is -0.348 e. The van der Waals surface area contributed by atoms with Crippen molar-refractivity contribution in [3.05, 3.63) is 35.5 Å². The minimum absolute atomic E-state index is 0. The minimum atomic E-state index is 0. The molecule has 0 saturated heterocycles. The van der Waals surface area contributed by atoms with Gasteiger partial charge >= 0.3 is 0 Å². The SMILES string of the molecule is Cc1c(CC(C)N)c2ccccc2n1C.Cl. The Morgan fingerprint density at radius 3 is 2.56 bits per heavy atom. The van der Waals surface area contributed by atoms with Gasteiger partial charge in [-0.15, -0.1) is 12.4 Å². The summed E-state index contributed by atoms with van der Waals surface area (Å²) in [6, 6.07) is 8.73. The van der Waals surface area contributed by atoms with E-state index in [1.54, 1.807) is 0 Å².